The number of alkyl halides is 2. The standard InChI is InChI=1S/C16H16F2N4O4/c17-15(18)14-13(22(25)26)9-21(19-14)12-5-7-20(8-6-12)11-3-1-10(2-4-11)16(23)24/h1-4,9,12,15H,5-8H2,(H,23,24). The van der Waals surface area contributed by atoms with Gasteiger partial charge in [-0.1, -0.05) is 0 Å². The summed E-state index contributed by atoms with van der Waals surface area (Å²) in [6.07, 6.45) is -0.752. The number of hydrogen-bond donors (Lipinski definition) is 1. The third-order valence-corrected chi connectivity index (χ3v) is 4.46. The summed E-state index contributed by atoms with van der Waals surface area (Å²) in [5.41, 5.74) is -0.395. The van der Waals surface area contributed by atoms with Crippen molar-refractivity contribution >= 4 is 17.3 Å². The Bertz CT molecular complexity index is 814. The number of carbonyl (C=O) groups is 1. The fourth-order valence-electron chi connectivity index (χ4n) is 3.08. The van der Waals surface area contributed by atoms with Crippen molar-refractivity contribution in [2.45, 2.75) is 25.3 Å². The lowest BCUT2D eigenvalue weighted by Crippen LogP contribution is -2.34. The maximum atomic E-state index is 12.9. The second-order valence-electron chi connectivity index (χ2n) is 6.01. The summed E-state index contributed by atoms with van der Waals surface area (Å²) < 4.78 is 27.1. The number of nitrogens with zero attached hydrogens (tertiary/aromatic N) is 4. The zero-order valence-electron chi connectivity index (χ0n) is 13.6. The molecule has 1 fully saturated rings. The Morgan fingerprint density at radius 3 is 2.35 bits per heavy atom. The van der Waals surface area contributed by atoms with Crippen LogP contribution in [0.15, 0.2) is 30.5 Å². The average molecular weight is 366 g/mol. The first-order valence-electron chi connectivity index (χ1n) is 7.96. The van der Waals surface area contributed by atoms with Crippen LogP contribution >= 0.6 is 0 Å². The minimum Gasteiger partial charge on any atom is -0.478 e. The summed E-state index contributed by atoms with van der Waals surface area (Å²) >= 11 is 0. The van der Waals surface area contributed by atoms with Crippen LogP contribution in [-0.4, -0.2) is 38.9 Å². The quantitative estimate of drug-likeness (QED) is 0.644. The summed E-state index contributed by atoms with van der Waals surface area (Å²) in [7, 11) is 0. The van der Waals surface area contributed by atoms with Gasteiger partial charge in [0.2, 0.25) is 5.69 Å². The Labute approximate surface area is 146 Å². The van der Waals surface area contributed by atoms with E-state index in [9.17, 15) is 23.7 Å². The molecular formula is C16H16F2N4O4. The van der Waals surface area contributed by atoms with E-state index in [1.54, 1.807) is 12.1 Å². The number of anilines is 1. The van der Waals surface area contributed by atoms with Crippen LogP contribution in [0.5, 0.6) is 0 Å². The molecule has 1 aliphatic heterocycles. The van der Waals surface area contributed by atoms with E-state index < -0.39 is 28.7 Å². The van der Waals surface area contributed by atoms with Crippen LogP contribution in [0.4, 0.5) is 20.2 Å². The first-order valence-corrected chi connectivity index (χ1v) is 7.96. The van der Waals surface area contributed by atoms with Gasteiger partial charge < -0.3 is 10.0 Å². The van der Waals surface area contributed by atoms with Gasteiger partial charge in [0.1, 0.15) is 6.20 Å². The van der Waals surface area contributed by atoms with E-state index >= 15 is 0 Å². The summed E-state index contributed by atoms with van der Waals surface area (Å²) in [4.78, 5) is 23.0. The molecule has 10 heteroatoms. The fourth-order valence-corrected chi connectivity index (χ4v) is 3.08. The predicted molar refractivity (Wildman–Crippen MR) is 87.7 cm³/mol. The largest absolute Gasteiger partial charge is 0.478 e. The van der Waals surface area contributed by atoms with Crippen molar-refractivity contribution in [3.63, 3.8) is 0 Å². The van der Waals surface area contributed by atoms with E-state index in [4.69, 9.17) is 5.11 Å². The Hall–Kier alpha value is -3.04. The van der Waals surface area contributed by atoms with Crippen molar-refractivity contribution in [2.75, 3.05) is 18.0 Å². The van der Waals surface area contributed by atoms with E-state index in [0.717, 1.165) is 11.9 Å². The molecule has 26 heavy (non-hydrogen) atoms. The van der Waals surface area contributed by atoms with Crippen molar-refractivity contribution in [3.8, 4) is 0 Å². The molecule has 0 radical (unpaired) electrons. The number of aromatic nitrogens is 2. The van der Waals surface area contributed by atoms with Crippen LogP contribution < -0.4 is 4.90 Å². The number of aromatic carboxylic acids is 1. The molecule has 1 aliphatic rings. The van der Waals surface area contributed by atoms with Crippen LogP contribution in [0.25, 0.3) is 0 Å². The molecule has 0 amide bonds. The third kappa shape index (κ3) is 3.48. The van der Waals surface area contributed by atoms with E-state index in [1.165, 1.54) is 16.8 Å². The predicted octanol–water partition coefficient (Wildman–Crippen LogP) is 3.27. The van der Waals surface area contributed by atoms with Gasteiger partial charge in [-0.3, -0.25) is 14.8 Å². The van der Waals surface area contributed by atoms with Crippen LogP contribution in [0.2, 0.25) is 0 Å². The highest BCUT2D eigenvalue weighted by Crippen LogP contribution is 2.32. The molecule has 1 aromatic heterocycles. The highest BCUT2D eigenvalue weighted by Gasteiger charge is 2.30. The fraction of sp³-hybridized carbons (Fsp3) is 0.375. The maximum absolute atomic E-state index is 12.9. The minimum atomic E-state index is -3.00. The molecule has 8 nitrogen and oxygen atoms in total. The lowest BCUT2D eigenvalue weighted by molar-refractivity contribution is -0.386. The van der Waals surface area contributed by atoms with Gasteiger partial charge in [0.25, 0.3) is 6.43 Å². The van der Waals surface area contributed by atoms with Gasteiger partial charge in [-0.15, -0.1) is 0 Å². The summed E-state index contributed by atoms with van der Waals surface area (Å²) in [5, 5.41) is 23.6. The molecule has 1 N–H and O–H groups in total. The van der Waals surface area contributed by atoms with Crippen molar-refractivity contribution < 1.29 is 23.6 Å². The van der Waals surface area contributed by atoms with Gasteiger partial charge in [0.15, 0.2) is 0 Å². The Balaban J connectivity index is 1.69. The second kappa shape index (κ2) is 7.06. The molecule has 2 aromatic rings. The average Bonchev–Trinajstić information content (AvgIpc) is 3.08. The number of nitro groups is 1. The molecule has 0 atom stereocenters. The highest BCUT2D eigenvalue weighted by molar-refractivity contribution is 5.88. The summed E-state index contributed by atoms with van der Waals surface area (Å²) in [6.45, 7) is 1.21. The molecule has 0 unspecified atom stereocenters. The minimum absolute atomic E-state index is 0.198. The van der Waals surface area contributed by atoms with Crippen LogP contribution in [0, 0.1) is 10.1 Å². The van der Waals surface area contributed by atoms with Crippen LogP contribution in [0.1, 0.15) is 41.4 Å². The van der Waals surface area contributed by atoms with Gasteiger partial charge >= 0.3 is 11.7 Å². The molecular weight excluding hydrogens is 350 g/mol. The third-order valence-electron chi connectivity index (χ3n) is 4.46. The van der Waals surface area contributed by atoms with E-state index in [-0.39, 0.29) is 11.6 Å². The Kier molecular flexibility index (Phi) is 4.83. The highest BCUT2D eigenvalue weighted by atomic mass is 19.3. The van der Waals surface area contributed by atoms with Crippen molar-refractivity contribution in [2.24, 2.45) is 0 Å². The number of carboxylic acid groups (broad SMARTS) is 1. The molecule has 138 valence electrons. The first kappa shape index (κ1) is 17.8. The molecule has 1 aromatic carbocycles. The zero-order chi connectivity index (χ0) is 18.8. The smallest absolute Gasteiger partial charge is 0.335 e. The maximum Gasteiger partial charge on any atom is 0.335 e. The normalized spacial score (nSPS) is 15.4. The van der Waals surface area contributed by atoms with E-state index in [1.807, 2.05) is 4.90 Å². The Morgan fingerprint density at radius 1 is 1.27 bits per heavy atom. The second-order valence-corrected chi connectivity index (χ2v) is 6.01. The van der Waals surface area contributed by atoms with Gasteiger partial charge in [-0.25, -0.2) is 13.6 Å². The van der Waals surface area contributed by atoms with Crippen molar-refractivity contribution in [3.05, 3.63) is 51.8 Å². The molecule has 0 bridgehead atoms. The van der Waals surface area contributed by atoms with Gasteiger partial charge in [0, 0.05) is 18.8 Å². The molecule has 2 heterocycles. The van der Waals surface area contributed by atoms with Gasteiger partial charge in [0.05, 0.1) is 16.5 Å². The first-order chi connectivity index (χ1) is 12.4. The lowest BCUT2D eigenvalue weighted by Gasteiger charge is -2.33. The zero-order valence-corrected chi connectivity index (χ0v) is 13.6. The van der Waals surface area contributed by atoms with Gasteiger partial charge in [-0.2, -0.15) is 5.10 Å². The van der Waals surface area contributed by atoms with E-state index in [2.05, 4.69) is 5.10 Å². The monoisotopic (exact) mass is 366 g/mol. The van der Waals surface area contributed by atoms with Crippen molar-refractivity contribution in [1.29, 1.82) is 0 Å². The number of piperidine rings is 1. The molecule has 1 saturated heterocycles. The van der Waals surface area contributed by atoms with E-state index in [0.29, 0.717) is 25.9 Å². The molecule has 0 saturated carbocycles. The number of hydrogen-bond acceptors (Lipinski definition) is 5. The van der Waals surface area contributed by atoms with Crippen molar-refractivity contribution in [1.82, 2.24) is 9.78 Å². The molecule has 0 spiro atoms. The number of benzene rings is 1. The number of rotatable bonds is 5. The number of halogens is 2. The summed E-state index contributed by atoms with van der Waals surface area (Å²) in [5.74, 6) is -0.995. The molecule has 0 aliphatic carbocycles. The molecule has 3 rings (SSSR count). The Morgan fingerprint density at radius 2 is 1.88 bits per heavy atom. The SMILES string of the molecule is O=C(O)c1ccc(N2CCC(n3cc([N+](=O)[O-])c(C(F)F)n3)CC2)cc1. The van der Waals surface area contributed by atoms with Gasteiger partial charge in [-0.05, 0) is 37.1 Å². The summed E-state index contributed by atoms with van der Waals surface area (Å²) in [6, 6.07) is 6.29. The lowest BCUT2D eigenvalue weighted by atomic mass is 10.0. The topological polar surface area (TPSA) is 102 Å². The van der Waals surface area contributed by atoms with Crippen LogP contribution in [0.3, 0.4) is 0 Å². The van der Waals surface area contributed by atoms with Crippen LogP contribution in [-0.2, 0) is 0 Å². The number of carboxylic acids is 1.